The Kier molecular flexibility index (Phi) is 3.19. The first-order valence-electron chi connectivity index (χ1n) is 5.75. The lowest BCUT2D eigenvalue weighted by Gasteiger charge is -2.24. The number of nitrogens with one attached hydrogen (secondary N) is 1. The van der Waals surface area contributed by atoms with Crippen LogP contribution in [0.1, 0.15) is 6.23 Å². The van der Waals surface area contributed by atoms with Crippen molar-refractivity contribution in [3.63, 3.8) is 0 Å². The molecule has 2 fully saturated rings. The number of fused-ring (bicyclic) bond motifs is 1. The van der Waals surface area contributed by atoms with Crippen molar-refractivity contribution in [2.45, 2.75) is 23.8 Å². The van der Waals surface area contributed by atoms with Crippen LogP contribution in [-0.2, 0) is 13.1 Å². The zero-order valence-corrected chi connectivity index (χ0v) is 11.1. The van der Waals surface area contributed by atoms with Crippen molar-refractivity contribution in [3.8, 4) is 12.3 Å². The van der Waals surface area contributed by atoms with Gasteiger partial charge in [-0.2, -0.15) is 0 Å². The van der Waals surface area contributed by atoms with E-state index in [4.69, 9.17) is 19.5 Å². The van der Waals surface area contributed by atoms with Crippen molar-refractivity contribution in [2.24, 2.45) is 0 Å². The number of halogens is 1. The molecule has 8 nitrogen and oxygen atoms in total. The molecule has 21 heavy (non-hydrogen) atoms. The van der Waals surface area contributed by atoms with E-state index in [1.807, 2.05) is 4.98 Å². The van der Waals surface area contributed by atoms with E-state index in [1.165, 1.54) is 0 Å². The van der Waals surface area contributed by atoms with Gasteiger partial charge < -0.3 is 9.84 Å². The van der Waals surface area contributed by atoms with Crippen LogP contribution in [0.2, 0.25) is 0 Å². The summed E-state index contributed by atoms with van der Waals surface area (Å²) < 4.78 is 30.8. The van der Waals surface area contributed by atoms with E-state index < -0.39 is 41.6 Å². The summed E-state index contributed by atoms with van der Waals surface area (Å²) in [7, 11) is 0. The highest BCUT2D eigenvalue weighted by Crippen LogP contribution is 2.54. The lowest BCUT2D eigenvalue weighted by Crippen LogP contribution is -2.48. The van der Waals surface area contributed by atoms with Crippen molar-refractivity contribution in [1.29, 1.82) is 0 Å². The number of nitrogens with zero attached hydrogens (tertiary/aromatic N) is 1. The summed E-state index contributed by atoms with van der Waals surface area (Å²) in [5, 5.41) is 9.20. The third kappa shape index (κ3) is 1.86. The SMILES string of the molecule is C#C[C@@]12OSO[C@@H]1[C@@](F)(CO)O[C@H]2n1ccc(=O)[nH]c1=O. The van der Waals surface area contributed by atoms with Gasteiger partial charge in [0, 0.05) is 12.3 Å². The van der Waals surface area contributed by atoms with Gasteiger partial charge in [0.1, 0.15) is 6.61 Å². The fourth-order valence-electron chi connectivity index (χ4n) is 2.29. The molecular formula is C11H9FN2O6S. The number of aromatic nitrogens is 2. The molecule has 10 heteroatoms. The van der Waals surface area contributed by atoms with Gasteiger partial charge in [0.05, 0.1) is 0 Å². The second-order valence-electron chi connectivity index (χ2n) is 4.50. The molecule has 2 aliphatic rings. The van der Waals surface area contributed by atoms with E-state index in [0.717, 1.165) is 16.8 Å². The number of aromatic amines is 1. The fraction of sp³-hybridized carbons (Fsp3) is 0.455. The Balaban J connectivity index is 2.16. The third-order valence-corrected chi connectivity index (χ3v) is 3.92. The molecule has 3 heterocycles. The quantitative estimate of drug-likeness (QED) is 0.537. The van der Waals surface area contributed by atoms with Crippen LogP contribution >= 0.6 is 12.3 Å². The van der Waals surface area contributed by atoms with Gasteiger partial charge in [-0.3, -0.25) is 22.7 Å². The number of H-pyrrole nitrogens is 1. The van der Waals surface area contributed by atoms with Crippen molar-refractivity contribution in [1.82, 2.24) is 9.55 Å². The lowest BCUT2D eigenvalue weighted by molar-refractivity contribution is -0.203. The van der Waals surface area contributed by atoms with Crippen molar-refractivity contribution < 1.29 is 22.6 Å². The first-order chi connectivity index (χ1) is 9.97. The summed E-state index contributed by atoms with van der Waals surface area (Å²) in [4.78, 5) is 24.9. The monoisotopic (exact) mass is 316 g/mol. The maximum atomic E-state index is 14.6. The molecule has 4 atom stereocenters. The average molecular weight is 316 g/mol. The molecule has 2 aliphatic heterocycles. The maximum absolute atomic E-state index is 14.6. The molecule has 112 valence electrons. The van der Waals surface area contributed by atoms with E-state index >= 15 is 0 Å². The van der Waals surface area contributed by atoms with Gasteiger partial charge in [0.15, 0.2) is 24.7 Å². The molecule has 0 unspecified atom stereocenters. The van der Waals surface area contributed by atoms with E-state index in [1.54, 1.807) is 0 Å². The van der Waals surface area contributed by atoms with Gasteiger partial charge in [-0.1, -0.05) is 5.92 Å². The topological polar surface area (TPSA) is 103 Å². The van der Waals surface area contributed by atoms with Crippen LogP contribution < -0.4 is 11.2 Å². The standard InChI is InChI=1S/C11H9FN2O6S/c1-2-10-7(19-21-20-10)11(12,5-15)18-8(10)14-4-3-6(16)13-9(14)17/h1,3-4,7-8,15H,5H2,(H,13,16,17)/t7-,8+,10+,11+/m0/s1. The zero-order chi connectivity index (χ0) is 15.3. The number of hydrogen-bond acceptors (Lipinski definition) is 7. The average Bonchev–Trinajstić information content (AvgIpc) is 2.99. The predicted octanol–water partition coefficient (Wildman–Crippen LogP) is -0.926. The molecule has 0 bridgehead atoms. The molecular weight excluding hydrogens is 307 g/mol. The highest BCUT2D eigenvalue weighted by molar-refractivity contribution is 7.90. The predicted molar refractivity (Wildman–Crippen MR) is 67.5 cm³/mol. The normalized spacial score (nSPS) is 38.1. The van der Waals surface area contributed by atoms with Crippen molar-refractivity contribution >= 4 is 12.3 Å². The number of ether oxygens (including phenoxy) is 1. The van der Waals surface area contributed by atoms with Crippen LogP contribution in [0, 0.1) is 12.3 Å². The van der Waals surface area contributed by atoms with Crippen LogP contribution in [0.3, 0.4) is 0 Å². The Morgan fingerprint density at radius 3 is 3.00 bits per heavy atom. The number of rotatable bonds is 2. The molecule has 2 saturated heterocycles. The van der Waals surface area contributed by atoms with Gasteiger partial charge in [0.2, 0.25) is 5.60 Å². The van der Waals surface area contributed by atoms with Gasteiger partial charge in [0.25, 0.3) is 11.4 Å². The molecule has 0 aliphatic carbocycles. The minimum Gasteiger partial charge on any atom is -0.390 e. The lowest BCUT2D eigenvalue weighted by atomic mass is 9.94. The summed E-state index contributed by atoms with van der Waals surface area (Å²) in [5.74, 6) is -0.419. The largest absolute Gasteiger partial charge is 0.390 e. The minimum absolute atomic E-state index is 0.454. The van der Waals surface area contributed by atoms with Crippen LogP contribution in [0.5, 0.6) is 0 Å². The maximum Gasteiger partial charge on any atom is 0.330 e. The Hall–Kier alpha value is -1.64. The zero-order valence-electron chi connectivity index (χ0n) is 10.3. The summed E-state index contributed by atoms with van der Waals surface area (Å²) >= 11 is 0.454. The smallest absolute Gasteiger partial charge is 0.330 e. The van der Waals surface area contributed by atoms with Crippen LogP contribution in [0.15, 0.2) is 21.9 Å². The van der Waals surface area contributed by atoms with Crippen molar-refractivity contribution in [2.75, 3.05) is 6.61 Å². The van der Waals surface area contributed by atoms with Crippen LogP contribution in [0.25, 0.3) is 0 Å². The number of alkyl halides is 1. The highest BCUT2D eigenvalue weighted by atomic mass is 32.2. The molecule has 3 rings (SSSR count). The molecule has 0 saturated carbocycles. The summed E-state index contributed by atoms with van der Waals surface area (Å²) in [6.07, 6.45) is 3.65. The number of hydrogen-bond donors (Lipinski definition) is 2. The Morgan fingerprint density at radius 2 is 2.38 bits per heavy atom. The summed E-state index contributed by atoms with van der Waals surface area (Å²) in [6, 6.07) is 1.05. The highest BCUT2D eigenvalue weighted by Gasteiger charge is 2.71. The number of terminal acetylenes is 1. The molecule has 1 aromatic heterocycles. The van der Waals surface area contributed by atoms with Crippen molar-refractivity contribution in [3.05, 3.63) is 33.1 Å². The Labute approximate surface area is 121 Å². The molecule has 0 radical (unpaired) electrons. The van der Waals surface area contributed by atoms with E-state index in [9.17, 15) is 19.1 Å². The van der Waals surface area contributed by atoms with Crippen LogP contribution in [0.4, 0.5) is 4.39 Å². The third-order valence-electron chi connectivity index (χ3n) is 3.31. The Bertz CT molecular complexity index is 728. The first-order valence-corrected chi connectivity index (χ1v) is 6.41. The van der Waals surface area contributed by atoms with Gasteiger partial charge in [-0.25, -0.2) is 9.18 Å². The summed E-state index contributed by atoms with van der Waals surface area (Å²) in [5.41, 5.74) is -3.25. The van der Waals surface area contributed by atoms with Gasteiger partial charge in [-0.05, 0) is 0 Å². The molecule has 0 spiro atoms. The number of aliphatic hydroxyl groups is 1. The van der Waals surface area contributed by atoms with E-state index in [2.05, 4.69) is 5.92 Å². The van der Waals surface area contributed by atoms with E-state index in [-0.39, 0.29) is 0 Å². The molecule has 2 N–H and O–H groups in total. The van der Waals surface area contributed by atoms with E-state index in [0.29, 0.717) is 12.3 Å². The summed E-state index contributed by atoms with van der Waals surface area (Å²) in [6.45, 7) is -1.04. The fourth-order valence-corrected chi connectivity index (χ4v) is 3.03. The molecule has 0 amide bonds. The minimum atomic E-state index is -2.64. The molecule has 1 aromatic rings. The number of aliphatic hydroxyl groups excluding tert-OH is 1. The van der Waals surface area contributed by atoms with Gasteiger partial charge >= 0.3 is 5.69 Å². The second kappa shape index (κ2) is 4.69. The van der Waals surface area contributed by atoms with Crippen LogP contribution in [-0.4, -0.2) is 38.8 Å². The molecule has 0 aromatic carbocycles. The van der Waals surface area contributed by atoms with Gasteiger partial charge in [-0.15, -0.1) is 6.42 Å². The first kappa shape index (κ1) is 14.3. The second-order valence-corrected chi connectivity index (χ2v) is 4.99. The Morgan fingerprint density at radius 1 is 1.62 bits per heavy atom.